The van der Waals surface area contributed by atoms with Crippen molar-refractivity contribution in [2.45, 2.75) is 13.3 Å². The van der Waals surface area contributed by atoms with Gasteiger partial charge in [0.2, 0.25) is 11.8 Å². The van der Waals surface area contributed by atoms with Crippen molar-refractivity contribution in [1.29, 1.82) is 0 Å². The van der Waals surface area contributed by atoms with E-state index in [1.807, 2.05) is 36.1 Å². The lowest BCUT2D eigenvalue weighted by atomic mass is 10.1. The van der Waals surface area contributed by atoms with Crippen LogP contribution in [0.2, 0.25) is 0 Å². The van der Waals surface area contributed by atoms with Gasteiger partial charge in [0, 0.05) is 51.9 Å². The van der Waals surface area contributed by atoms with Gasteiger partial charge in [0.15, 0.2) is 17.0 Å². The molecule has 10 heteroatoms. The monoisotopic (exact) mass is 420 g/mol. The van der Waals surface area contributed by atoms with Crippen LogP contribution < -0.4 is 9.80 Å². The third-order valence-electron chi connectivity index (χ3n) is 6.08. The van der Waals surface area contributed by atoms with Gasteiger partial charge in [0.05, 0.1) is 5.92 Å². The van der Waals surface area contributed by atoms with E-state index in [-0.39, 0.29) is 24.2 Å². The fourth-order valence-electron chi connectivity index (χ4n) is 4.32. The predicted molar refractivity (Wildman–Crippen MR) is 115 cm³/mol. The first kappa shape index (κ1) is 19.4. The molecule has 10 nitrogen and oxygen atoms in total. The van der Waals surface area contributed by atoms with Crippen LogP contribution in [0.25, 0.3) is 11.2 Å². The molecule has 1 aromatic carbocycles. The molecule has 2 aliphatic rings. The molecule has 2 amide bonds. The van der Waals surface area contributed by atoms with Crippen LogP contribution in [-0.2, 0) is 16.6 Å². The van der Waals surface area contributed by atoms with Crippen molar-refractivity contribution >= 4 is 34.5 Å². The van der Waals surface area contributed by atoms with Gasteiger partial charge in [-0.1, -0.05) is 22.9 Å². The number of nitrogens with zero attached hydrogens (tertiary/aromatic N) is 8. The summed E-state index contributed by atoms with van der Waals surface area (Å²) in [6, 6.07) is 7.85. The second-order valence-electron chi connectivity index (χ2n) is 8.14. The molecule has 2 saturated heterocycles. The average Bonchev–Trinajstić information content (AvgIpc) is 3.37. The van der Waals surface area contributed by atoms with E-state index in [4.69, 9.17) is 0 Å². The lowest BCUT2D eigenvalue weighted by molar-refractivity contribution is -0.136. The molecular weight excluding hydrogens is 396 g/mol. The summed E-state index contributed by atoms with van der Waals surface area (Å²) in [4.78, 5) is 40.0. The third-order valence-corrected chi connectivity index (χ3v) is 6.08. The van der Waals surface area contributed by atoms with Crippen molar-refractivity contribution in [3.63, 3.8) is 0 Å². The van der Waals surface area contributed by atoms with Gasteiger partial charge in [-0.2, -0.15) is 0 Å². The summed E-state index contributed by atoms with van der Waals surface area (Å²) in [6.45, 7) is 4.92. The number of anilines is 2. The van der Waals surface area contributed by atoms with Crippen molar-refractivity contribution in [3.8, 4) is 0 Å². The van der Waals surface area contributed by atoms with E-state index >= 15 is 0 Å². The van der Waals surface area contributed by atoms with Gasteiger partial charge < -0.3 is 14.7 Å². The highest BCUT2D eigenvalue weighted by Crippen LogP contribution is 2.27. The molecule has 2 fully saturated rings. The number of carbonyl (C=O) groups is 2. The number of fused-ring (bicyclic) bond motifs is 1. The molecule has 0 aliphatic carbocycles. The summed E-state index contributed by atoms with van der Waals surface area (Å²) in [7, 11) is 1.80. The molecule has 31 heavy (non-hydrogen) atoms. The minimum atomic E-state index is -0.300. The minimum absolute atomic E-state index is 0.00636. The molecular formula is C21H24N8O2. The Bertz CT molecular complexity index is 1130. The maximum atomic E-state index is 13.1. The molecule has 1 unspecified atom stereocenters. The molecule has 0 N–H and O–H groups in total. The second-order valence-corrected chi connectivity index (χ2v) is 8.14. The molecule has 0 spiro atoms. The first-order valence-electron chi connectivity index (χ1n) is 10.4. The lowest BCUT2D eigenvalue weighted by Gasteiger charge is -2.36. The van der Waals surface area contributed by atoms with Gasteiger partial charge in [0.1, 0.15) is 6.33 Å². The number of piperazine rings is 1. The van der Waals surface area contributed by atoms with Gasteiger partial charge in [-0.25, -0.2) is 14.6 Å². The van der Waals surface area contributed by atoms with Crippen LogP contribution in [0.3, 0.4) is 0 Å². The van der Waals surface area contributed by atoms with Crippen LogP contribution in [0, 0.1) is 12.8 Å². The number of aryl methyl sites for hydroxylation is 2. The van der Waals surface area contributed by atoms with Gasteiger partial charge in [-0.05, 0) is 19.1 Å². The second kappa shape index (κ2) is 7.60. The summed E-state index contributed by atoms with van der Waals surface area (Å²) in [5.41, 5.74) is 3.35. The van der Waals surface area contributed by atoms with Crippen LogP contribution in [-0.4, -0.2) is 74.4 Å². The van der Waals surface area contributed by atoms with Crippen LogP contribution >= 0.6 is 0 Å². The summed E-state index contributed by atoms with van der Waals surface area (Å²) in [5.74, 6) is 0.500. The minimum Gasteiger partial charge on any atom is -0.351 e. The Hall–Kier alpha value is -3.56. The van der Waals surface area contributed by atoms with E-state index in [9.17, 15) is 9.59 Å². The Morgan fingerprint density at radius 3 is 2.55 bits per heavy atom. The molecule has 0 saturated carbocycles. The van der Waals surface area contributed by atoms with Gasteiger partial charge in [-0.3, -0.25) is 9.59 Å². The highest BCUT2D eigenvalue weighted by Gasteiger charge is 2.38. The molecule has 160 valence electrons. The number of hydrogen-bond donors (Lipinski definition) is 0. The average molecular weight is 420 g/mol. The fourth-order valence-corrected chi connectivity index (χ4v) is 4.32. The predicted octanol–water partition coefficient (Wildman–Crippen LogP) is 0.768. The number of amides is 2. The largest absolute Gasteiger partial charge is 0.351 e. The first-order valence-corrected chi connectivity index (χ1v) is 10.4. The summed E-state index contributed by atoms with van der Waals surface area (Å²) < 4.78 is 1.62. The zero-order valence-electron chi connectivity index (χ0n) is 17.6. The number of hydrogen-bond acceptors (Lipinski definition) is 7. The Morgan fingerprint density at radius 1 is 1.06 bits per heavy atom. The van der Waals surface area contributed by atoms with Gasteiger partial charge in [0.25, 0.3) is 0 Å². The Kier molecular flexibility index (Phi) is 4.76. The third kappa shape index (κ3) is 3.47. The number of carbonyl (C=O) groups excluding carboxylic acids is 2. The maximum Gasteiger partial charge on any atom is 0.228 e. The van der Waals surface area contributed by atoms with Gasteiger partial charge in [-0.15, -0.1) is 5.10 Å². The highest BCUT2D eigenvalue weighted by atomic mass is 16.2. The molecule has 1 atom stereocenters. The summed E-state index contributed by atoms with van der Waals surface area (Å²) in [6.07, 6.45) is 1.78. The van der Waals surface area contributed by atoms with Crippen molar-refractivity contribution in [2.24, 2.45) is 13.0 Å². The highest BCUT2D eigenvalue weighted by molar-refractivity contribution is 6.00. The topological polar surface area (TPSA) is 100 Å². The molecule has 5 rings (SSSR count). The van der Waals surface area contributed by atoms with E-state index < -0.39 is 0 Å². The Labute approximate surface area is 179 Å². The molecule has 0 bridgehead atoms. The van der Waals surface area contributed by atoms with Crippen LogP contribution in [0.15, 0.2) is 30.6 Å². The fraction of sp³-hybridized carbons (Fsp3) is 0.429. The molecule has 4 heterocycles. The van der Waals surface area contributed by atoms with Crippen LogP contribution in [0.1, 0.15) is 12.0 Å². The normalized spacial score (nSPS) is 19.5. The van der Waals surface area contributed by atoms with Crippen molar-refractivity contribution in [1.82, 2.24) is 29.9 Å². The zero-order chi connectivity index (χ0) is 21.5. The standard InChI is InChI=1S/C21H24N8O2/c1-14-3-5-16(6-4-14)29-12-15(11-17(29)30)21(31)28-9-7-27(8-10-28)20-18-19(22-13-23-20)26(2)25-24-18/h3-6,13,15H,7-12H2,1-2H3. The smallest absolute Gasteiger partial charge is 0.228 e. The first-order chi connectivity index (χ1) is 15.0. The number of rotatable bonds is 3. The van der Waals surface area contributed by atoms with Crippen molar-refractivity contribution in [2.75, 3.05) is 42.5 Å². The Balaban J connectivity index is 1.24. The quantitative estimate of drug-likeness (QED) is 0.617. The van der Waals surface area contributed by atoms with E-state index in [2.05, 4.69) is 25.2 Å². The molecule has 2 aromatic heterocycles. The zero-order valence-corrected chi connectivity index (χ0v) is 17.6. The molecule has 2 aliphatic heterocycles. The SMILES string of the molecule is Cc1ccc(N2CC(C(=O)N3CCN(c4ncnc5c4nnn5C)CC3)CC2=O)cc1. The van der Waals surface area contributed by atoms with E-state index in [1.165, 1.54) is 6.33 Å². The Morgan fingerprint density at radius 2 is 1.81 bits per heavy atom. The van der Waals surface area contributed by atoms with Crippen molar-refractivity contribution < 1.29 is 9.59 Å². The summed E-state index contributed by atoms with van der Waals surface area (Å²) >= 11 is 0. The van der Waals surface area contributed by atoms with E-state index in [0.29, 0.717) is 43.9 Å². The summed E-state index contributed by atoms with van der Waals surface area (Å²) in [5, 5.41) is 8.21. The van der Waals surface area contributed by atoms with E-state index in [0.717, 1.165) is 17.1 Å². The van der Waals surface area contributed by atoms with E-state index in [1.54, 1.807) is 16.6 Å². The van der Waals surface area contributed by atoms with Crippen molar-refractivity contribution in [3.05, 3.63) is 36.2 Å². The molecule has 0 radical (unpaired) electrons. The van der Waals surface area contributed by atoms with Gasteiger partial charge >= 0.3 is 0 Å². The maximum absolute atomic E-state index is 13.1. The lowest BCUT2D eigenvalue weighted by Crippen LogP contribution is -2.51. The van der Waals surface area contributed by atoms with Crippen LogP contribution in [0.5, 0.6) is 0 Å². The number of aromatic nitrogens is 5. The molecule has 3 aromatic rings. The van der Waals surface area contributed by atoms with Crippen LogP contribution in [0.4, 0.5) is 11.5 Å². The number of benzene rings is 1.